The van der Waals surface area contributed by atoms with E-state index in [0.29, 0.717) is 49.8 Å². The summed E-state index contributed by atoms with van der Waals surface area (Å²) in [5, 5.41) is 6.66. The van der Waals surface area contributed by atoms with Crippen LogP contribution in [-0.4, -0.2) is 55.2 Å². The van der Waals surface area contributed by atoms with E-state index in [1.807, 2.05) is 11.8 Å². The van der Waals surface area contributed by atoms with Gasteiger partial charge in [-0.2, -0.15) is 11.8 Å². The summed E-state index contributed by atoms with van der Waals surface area (Å²) in [7, 11) is 0.0306. The molecule has 0 bridgehead atoms. The summed E-state index contributed by atoms with van der Waals surface area (Å²) >= 11 is 1.98. The smallest absolute Gasteiger partial charge is 0.238 e. The normalized spacial score (nSPS) is 23.3. The van der Waals surface area contributed by atoms with Gasteiger partial charge in [-0.1, -0.05) is 19.3 Å². The van der Waals surface area contributed by atoms with Crippen LogP contribution < -0.4 is 10.6 Å². The van der Waals surface area contributed by atoms with E-state index in [-0.39, 0.29) is 20.8 Å². The average molecular weight is 444 g/mol. The topological polar surface area (TPSA) is 81.0 Å². The molecule has 4 atom stereocenters. The first-order valence-electron chi connectivity index (χ1n) is 10.7. The number of rotatable bonds is 16. The van der Waals surface area contributed by atoms with Crippen LogP contribution in [0.25, 0.3) is 4.85 Å². The summed E-state index contributed by atoms with van der Waals surface area (Å²) < 4.78 is 10.5. The van der Waals surface area contributed by atoms with Crippen molar-refractivity contribution in [2.75, 3.05) is 32.1 Å². The van der Waals surface area contributed by atoms with Gasteiger partial charge in [0, 0.05) is 30.7 Å². The SMILES string of the molecule is [C-]#[N+]CCOPOCCCCCCNC(=O)CCCCC1SCC2CC(=O)NC21. The van der Waals surface area contributed by atoms with Crippen molar-refractivity contribution < 1.29 is 18.6 Å². The summed E-state index contributed by atoms with van der Waals surface area (Å²) in [6, 6.07) is 0.365. The van der Waals surface area contributed by atoms with Gasteiger partial charge >= 0.3 is 0 Å². The first-order valence-corrected chi connectivity index (χ1v) is 12.6. The van der Waals surface area contributed by atoms with Crippen LogP contribution in [0.15, 0.2) is 0 Å². The van der Waals surface area contributed by atoms with Crippen molar-refractivity contribution in [3.63, 3.8) is 0 Å². The average Bonchev–Trinajstić information content (AvgIpc) is 3.25. The molecular formula is C20H34N3O4PS. The van der Waals surface area contributed by atoms with E-state index in [1.54, 1.807) is 0 Å². The van der Waals surface area contributed by atoms with Crippen molar-refractivity contribution in [1.82, 2.24) is 10.6 Å². The Bertz CT molecular complexity index is 546. The molecule has 2 rings (SSSR count). The molecule has 29 heavy (non-hydrogen) atoms. The molecule has 164 valence electrons. The van der Waals surface area contributed by atoms with Gasteiger partial charge in [-0.05, 0) is 37.4 Å². The van der Waals surface area contributed by atoms with Crippen molar-refractivity contribution in [3.05, 3.63) is 11.4 Å². The lowest BCUT2D eigenvalue weighted by molar-refractivity contribution is -0.121. The van der Waals surface area contributed by atoms with Crippen molar-refractivity contribution in [1.29, 1.82) is 0 Å². The number of carbonyl (C=O) groups is 2. The molecule has 2 aliphatic heterocycles. The maximum atomic E-state index is 11.9. The molecular weight excluding hydrogens is 409 g/mol. The number of nitrogens with zero attached hydrogens (tertiary/aromatic N) is 1. The van der Waals surface area contributed by atoms with E-state index >= 15 is 0 Å². The van der Waals surface area contributed by atoms with Gasteiger partial charge in [-0.15, -0.1) is 0 Å². The molecule has 7 nitrogen and oxygen atoms in total. The molecule has 0 saturated carbocycles. The molecule has 0 radical (unpaired) electrons. The fourth-order valence-corrected chi connectivity index (χ4v) is 5.85. The minimum absolute atomic E-state index is 0.0306. The largest absolute Gasteiger partial charge is 0.356 e. The summed E-state index contributed by atoms with van der Waals surface area (Å²) in [4.78, 5) is 26.6. The number of hydrogen-bond donors (Lipinski definition) is 2. The maximum Gasteiger partial charge on any atom is 0.238 e. The number of nitrogens with one attached hydrogen (secondary N) is 2. The monoisotopic (exact) mass is 443 g/mol. The second-order valence-corrected chi connectivity index (χ2v) is 9.62. The minimum atomic E-state index is 0.0306. The zero-order chi connectivity index (χ0) is 20.7. The fourth-order valence-electron chi connectivity index (χ4n) is 3.72. The van der Waals surface area contributed by atoms with Crippen LogP contribution in [0.3, 0.4) is 0 Å². The van der Waals surface area contributed by atoms with Gasteiger partial charge in [0.1, 0.15) is 6.61 Å². The van der Waals surface area contributed by atoms with Crippen LogP contribution in [0.4, 0.5) is 0 Å². The van der Waals surface area contributed by atoms with Crippen LogP contribution in [0, 0.1) is 12.5 Å². The van der Waals surface area contributed by atoms with Gasteiger partial charge in [-0.3, -0.25) is 9.59 Å². The summed E-state index contributed by atoms with van der Waals surface area (Å²) in [5.74, 6) is 1.98. The van der Waals surface area contributed by atoms with Crippen LogP contribution in [-0.2, 0) is 18.6 Å². The predicted octanol–water partition coefficient (Wildman–Crippen LogP) is 3.30. The highest BCUT2D eigenvalue weighted by Crippen LogP contribution is 2.39. The Hall–Kier alpha value is -0.870. The summed E-state index contributed by atoms with van der Waals surface area (Å²) in [5.41, 5.74) is 0. The van der Waals surface area contributed by atoms with E-state index < -0.39 is 0 Å². The second kappa shape index (κ2) is 15.0. The maximum absolute atomic E-state index is 11.9. The highest BCUT2D eigenvalue weighted by Gasteiger charge is 2.42. The van der Waals surface area contributed by atoms with E-state index in [9.17, 15) is 9.59 Å². The van der Waals surface area contributed by atoms with Gasteiger partial charge in [-0.25, -0.2) is 6.57 Å². The fraction of sp³-hybridized carbons (Fsp3) is 0.850. The zero-order valence-corrected chi connectivity index (χ0v) is 18.9. The van der Waals surface area contributed by atoms with Gasteiger partial charge in [0.2, 0.25) is 18.4 Å². The van der Waals surface area contributed by atoms with Gasteiger partial charge in [0.25, 0.3) is 0 Å². The Labute approximate surface area is 180 Å². The van der Waals surface area contributed by atoms with E-state index in [0.717, 1.165) is 57.2 Å². The zero-order valence-electron chi connectivity index (χ0n) is 17.1. The molecule has 0 aromatic rings. The lowest BCUT2D eigenvalue weighted by Crippen LogP contribution is -2.34. The minimum Gasteiger partial charge on any atom is -0.356 e. The van der Waals surface area contributed by atoms with Crippen molar-refractivity contribution in [2.24, 2.45) is 5.92 Å². The molecule has 2 N–H and O–H groups in total. The molecule has 0 aromatic heterocycles. The van der Waals surface area contributed by atoms with Gasteiger partial charge < -0.3 is 24.5 Å². The van der Waals surface area contributed by atoms with E-state index in [1.165, 1.54) is 0 Å². The molecule has 2 amide bonds. The lowest BCUT2D eigenvalue weighted by atomic mass is 9.97. The molecule has 0 aliphatic carbocycles. The first kappa shape index (κ1) is 24.4. The molecule has 2 aliphatic rings. The number of carbonyl (C=O) groups excluding carboxylic acids is 2. The molecule has 2 saturated heterocycles. The molecule has 9 heteroatoms. The second-order valence-electron chi connectivity index (χ2n) is 7.60. The quantitative estimate of drug-likeness (QED) is 0.217. The molecule has 2 heterocycles. The van der Waals surface area contributed by atoms with Crippen LogP contribution >= 0.6 is 20.8 Å². The van der Waals surface area contributed by atoms with E-state index in [2.05, 4.69) is 15.5 Å². The summed E-state index contributed by atoms with van der Waals surface area (Å²) in [6.45, 7) is 8.89. The Kier molecular flexibility index (Phi) is 12.6. The van der Waals surface area contributed by atoms with Gasteiger partial charge in [0.05, 0.1) is 6.61 Å². The van der Waals surface area contributed by atoms with Crippen LogP contribution in [0.2, 0.25) is 0 Å². The Balaban J connectivity index is 1.33. The van der Waals surface area contributed by atoms with Crippen molar-refractivity contribution in [3.8, 4) is 0 Å². The first-order chi connectivity index (χ1) is 14.2. The summed E-state index contributed by atoms with van der Waals surface area (Å²) in [6.07, 6.45) is 8.51. The molecule has 4 unspecified atom stereocenters. The van der Waals surface area contributed by atoms with Gasteiger partial charge in [0.15, 0.2) is 9.03 Å². The number of unbranched alkanes of at least 4 members (excludes halogenated alkanes) is 4. The molecule has 0 spiro atoms. The number of amides is 2. The third kappa shape index (κ3) is 10.1. The van der Waals surface area contributed by atoms with Crippen LogP contribution in [0.1, 0.15) is 57.8 Å². The van der Waals surface area contributed by atoms with E-state index in [4.69, 9.17) is 15.6 Å². The standard InChI is InChI=1S/C20H34N3O4PS/c1-21-11-13-27-28-26-12-7-3-2-6-10-22-18(24)9-5-4-8-17-20-16(15-29-17)14-19(25)23-20/h16-17,20,28H,2-15H2,(H,22,24)(H,23,25). The van der Waals surface area contributed by atoms with Crippen molar-refractivity contribution in [2.45, 2.75) is 69.1 Å². The Morgan fingerprint density at radius 3 is 2.90 bits per heavy atom. The number of thioether (sulfide) groups is 1. The van der Waals surface area contributed by atoms with Crippen molar-refractivity contribution >= 4 is 32.6 Å². The lowest BCUT2D eigenvalue weighted by Gasteiger charge is -2.17. The Morgan fingerprint density at radius 2 is 2.03 bits per heavy atom. The predicted molar refractivity (Wildman–Crippen MR) is 118 cm³/mol. The Morgan fingerprint density at radius 1 is 1.21 bits per heavy atom. The number of hydrogen-bond acceptors (Lipinski definition) is 5. The highest BCUT2D eigenvalue weighted by atomic mass is 32.2. The number of fused-ring (bicyclic) bond motifs is 1. The van der Waals surface area contributed by atoms with Crippen LogP contribution in [0.5, 0.6) is 0 Å². The highest BCUT2D eigenvalue weighted by molar-refractivity contribution is 8.00. The third-order valence-corrected chi connectivity index (χ3v) is 7.49. The molecule has 2 fully saturated rings. The molecule has 0 aromatic carbocycles. The third-order valence-electron chi connectivity index (χ3n) is 5.27.